The molecule has 0 aliphatic carbocycles. The first-order valence-corrected chi connectivity index (χ1v) is 11.6. The number of carbonyl (C=O) groups is 2. The van der Waals surface area contributed by atoms with Crippen molar-refractivity contribution in [3.8, 4) is 16.4 Å². The molecule has 8 heteroatoms. The smallest absolute Gasteiger partial charge is 0.293 e. The summed E-state index contributed by atoms with van der Waals surface area (Å²) in [5.41, 5.74) is 1.20. The zero-order valence-corrected chi connectivity index (χ0v) is 18.5. The maximum Gasteiger partial charge on any atom is 0.293 e. The molecular weight excluding hydrogens is 439 g/mol. The molecule has 2 aromatic carbocycles. The zero-order chi connectivity index (χ0) is 22.8. The number of amides is 1. The van der Waals surface area contributed by atoms with Crippen LogP contribution in [-0.2, 0) is 0 Å². The van der Waals surface area contributed by atoms with Gasteiger partial charge in [-0.05, 0) is 42.5 Å². The summed E-state index contributed by atoms with van der Waals surface area (Å²) in [7, 11) is 0. The van der Waals surface area contributed by atoms with E-state index in [1.807, 2.05) is 47.8 Å². The summed E-state index contributed by atoms with van der Waals surface area (Å²) in [6, 6.07) is 19.1. The van der Waals surface area contributed by atoms with Crippen molar-refractivity contribution in [2.45, 2.75) is 12.8 Å². The van der Waals surface area contributed by atoms with Crippen molar-refractivity contribution < 1.29 is 14.0 Å². The van der Waals surface area contributed by atoms with E-state index in [2.05, 4.69) is 10.1 Å². The molecule has 1 amide bonds. The molecule has 0 atom stereocenters. The van der Waals surface area contributed by atoms with Crippen LogP contribution in [0, 0.1) is 11.7 Å². The molecule has 2 aromatic heterocycles. The first-order valence-electron chi connectivity index (χ1n) is 10.8. The number of piperidine rings is 1. The van der Waals surface area contributed by atoms with E-state index in [1.165, 1.54) is 28.2 Å². The van der Waals surface area contributed by atoms with Crippen LogP contribution in [0.1, 0.15) is 33.8 Å². The highest BCUT2D eigenvalue weighted by molar-refractivity contribution is 7.13. The molecule has 1 aliphatic rings. The van der Waals surface area contributed by atoms with Gasteiger partial charge in [0.15, 0.2) is 11.6 Å². The van der Waals surface area contributed by atoms with Crippen molar-refractivity contribution >= 4 is 23.0 Å². The summed E-state index contributed by atoms with van der Waals surface area (Å²) in [4.78, 5) is 33.0. The van der Waals surface area contributed by atoms with E-state index >= 15 is 0 Å². The lowest BCUT2D eigenvalue weighted by molar-refractivity contribution is 0.0640. The summed E-state index contributed by atoms with van der Waals surface area (Å²) in [6.07, 6.45) is 1.20. The maximum absolute atomic E-state index is 13.8. The Morgan fingerprint density at radius 2 is 1.76 bits per heavy atom. The number of Topliss-reactive ketones (excluding diaryl/α,β-unsaturated/α-hetero) is 1. The largest absolute Gasteiger partial charge is 0.336 e. The van der Waals surface area contributed by atoms with E-state index < -0.39 is 5.82 Å². The molecule has 0 N–H and O–H groups in total. The fourth-order valence-electron chi connectivity index (χ4n) is 4.08. The van der Waals surface area contributed by atoms with Crippen LogP contribution in [0.2, 0.25) is 0 Å². The lowest BCUT2D eigenvalue weighted by Crippen LogP contribution is -2.40. The average molecular weight is 461 g/mol. The number of nitrogens with zero attached hydrogens (tertiary/aromatic N) is 4. The van der Waals surface area contributed by atoms with Gasteiger partial charge in [0.1, 0.15) is 5.82 Å². The van der Waals surface area contributed by atoms with Crippen LogP contribution in [0.25, 0.3) is 16.4 Å². The van der Waals surface area contributed by atoms with Crippen LogP contribution < -0.4 is 0 Å². The number of aromatic nitrogens is 3. The van der Waals surface area contributed by atoms with Gasteiger partial charge in [-0.2, -0.15) is 0 Å². The molecule has 0 unspecified atom stereocenters. The van der Waals surface area contributed by atoms with Crippen molar-refractivity contribution in [3.05, 3.63) is 89.3 Å². The Kier molecular flexibility index (Phi) is 5.83. The van der Waals surface area contributed by atoms with Crippen LogP contribution in [0.5, 0.6) is 0 Å². The van der Waals surface area contributed by atoms with Gasteiger partial charge in [0, 0.05) is 24.6 Å². The Balaban J connectivity index is 1.36. The Labute approximate surface area is 194 Å². The van der Waals surface area contributed by atoms with E-state index in [-0.39, 0.29) is 23.4 Å². The van der Waals surface area contributed by atoms with Gasteiger partial charge >= 0.3 is 0 Å². The van der Waals surface area contributed by atoms with E-state index in [4.69, 9.17) is 0 Å². The van der Waals surface area contributed by atoms with Crippen molar-refractivity contribution in [2.24, 2.45) is 5.92 Å². The lowest BCUT2D eigenvalue weighted by atomic mass is 9.89. The predicted octanol–water partition coefficient (Wildman–Crippen LogP) is 4.87. The molecule has 6 nitrogen and oxygen atoms in total. The highest BCUT2D eigenvalue weighted by Crippen LogP contribution is 2.27. The van der Waals surface area contributed by atoms with Gasteiger partial charge in [-0.1, -0.05) is 42.5 Å². The number of hydrogen-bond acceptors (Lipinski definition) is 5. The van der Waals surface area contributed by atoms with E-state index in [1.54, 1.807) is 17.0 Å². The number of benzene rings is 2. The summed E-state index contributed by atoms with van der Waals surface area (Å²) in [6.45, 7) is 0.926. The highest BCUT2D eigenvalue weighted by Gasteiger charge is 2.30. The molecule has 166 valence electrons. The quantitative estimate of drug-likeness (QED) is 0.399. The van der Waals surface area contributed by atoms with Crippen LogP contribution in [0.4, 0.5) is 4.39 Å². The normalized spacial score (nSPS) is 14.4. The van der Waals surface area contributed by atoms with Crippen molar-refractivity contribution in [2.75, 3.05) is 13.1 Å². The van der Waals surface area contributed by atoms with Gasteiger partial charge < -0.3 is 4.90 Å². The maximum atomic E-state index is 13.8. The van der Waals surface area contributed by atoms with Crippen molar-refractivity contribution in [1.82, 2.24) is 19.7 Å². The van der Waals surface area contributed by atoms with Crippen LogP contribution in [-0.4, -0.2) is 44.4 Å². The number of hydrogen-bond donors (Lipinski definition) is 0. The minimum Gasteiger partial charge on any atom is -0.336 e. The number of ketones is 1. The molecule has 0 saturated carbocycles. The zero-order valence-electron chi connectivity index (χ0n) is 17.7. The molecule has 3 heterocycles. The van der Waals surface area contributed by atoms with E-state index in [0.29, 0.717) is 43.0 Å². The molecule has 0 spiro atoms. The average Bonchev–Trinajstić information content (AvgIpc) is 3.54. The summed E-state index contributed by atoms with van der Waals surface area (Å²) in [5, 5.41) is 6.35. The molecule has 1 fully saturated rings. The molecule has 1 saturated heterocycles. The second-order valence-electron chi connectivity index (χ2n) is 7.92. The Hall–Kier alpha value is -3.65. The van der Waals surface area contributed by atoms with Crippen LogP contribution in [0.15, 0.2) is 72.1 Å². The van der Waals surface area contributed by atoms with Crippen LogP contribution in [0.3, 0.4) is 0 Å². The Morgan fingerprint density at radius 1 is 0.970 bits per heavy atom. The molecule has 1 aliphatic heterocycles. The van der Waals surface area contributed by atoms with Crippen LogP contribution >= 0.6 is 11.3 Å². The Morgan fingerprint density at radius 3 is 2.45 bits per heavy atom. The fourth-order valence-corrected chi connectivity index (χ4v) is 4.78. The van der Waals surface area contributed by atoms with Crippen molar-refractivity contribution in [1.29, 1.82) is 0 Å². The third-order valence-electron chi connectivity index (χ3n) is 5.80. The first kappa shape index (κ1) is 21.2. The van der Waals surface area contributed by atoms with Gasteiger partial charge in [0.2, 0.25) is 5.82 Å². The summed E-state index contributed by atoms with van der Waals surface area (Å²) < 4.78 is 15.4. The molecule has 4 aromatic rings. The summed E-state index contributed by atoms with van der Waals surface area (Å²) >= 11 is 1.47. The van der Waals surface area contributed by atoms with Gasteiger partial charge in [-0.3, -0.25) is 9.59 Å². The third kappa shape index (κ3) is 4.34. The second-order valence-corrected chi connectivity index (χ2v) is 8.87. The van der Waals surface area contributed by atoms with Gasteiger partial charge in [-0.25, -0.2) is 14.1 Å². The van der Waals surface area contributed by atoms with E-state index in [9.17, 15) is 14.0 Å². The number of likely N-dealkylation sites (tertiary alicyclic amines) is 1. The first-order chi connectivity index (χ1) is 16.1. The molecule has 5 rings (SSSR count). The third-order valence-corrected chi connectivity index (χ3v) is 6.67. The highest BCUT2D eigenvalue weighted by atomic mass is 32.1. The number of halogens is 1. The minimum atomic E-state index is -0.391. The van der Waals surface area contributed by atoms with Gasteiger partial charge in [0.05, 0.1) is 10.6 Å². The molecule has 0 radical (unpaired) electrons. The second kappa shape index (κ2) is 9.07. The SMILES string of the molecule is O=C(c1ccccc1)C1CCN(C(=O)c2nc(-c3cccs3)n(-c3cccc(F)c3)n2)CC1. The number of thiophene rings is 1. The number of rotatable bonds is 5. The standard InChI is InChI=1S/C25H21FN4O2S/c26-19-8-4-9-20(16-19)30-24(21-10-5-15-33-21)27-23(28-30)25(32)29-13-11-18(12-14-29)22(31)17-6-2-1-3-7-17/h1-10,15-16,18H,11-14H2. The van der Waals surface area contributed by atoms with Gasteiger partial charge in [0.25, 0.3) is 5.91 Å². The topological polar surface area (TPSA) is 68.1 Å². The molecule has 0 bridgehead atoms. The summed E-state index contributed by atoms with van der Waals surface area (Å²) in [5.74, 6) is -0.0950. The van der Waals surface area contributed by atoms with E-state index in [0.717, 1.165) is 4.88 Å². The Bertz CT molecular complexity index is 1280. The monoisotopic (exact) mass is 460 g/mol. The number of carbonyl (C=O) groups excluding carboxylic acids is 2. The fraction of sp³-hybridized carbons (Fsp3) is 0.200. The van der Waals surface area contributed by atoms with Gasteiger partial charge in [-0.15, -0.1) is 16.4 Å². The van der Waals surface area contributed by atoms with Crippen molar-refractivity contribution in [3.63, 3.8) is 0 Å². The predicted molar refractivity (Wildman–Crippen MR) is 124 cm³/mol. The minimum absolute atomic E-state index is 0.0653. The molecule has 33 heavy (non-hydrogen) atoms. The lowest BCUT2D eigenvalue weighted by Gasteiger charge is -2.30. The molecular formula is C25H21FN4O2S.